The lowest BCUT2D eigenvalue weighted by Gasteiger charge is -2.18. The maximum Gasteiger partial charge on any atom is 0.208 e. The molecule has 1 aromatic heterocycles. The molecular formula is C13H24N2O2. The molecule has 17 heavy (non-hydrogen) atoms. The topological polar surface area (TPSA) is 49.5 Å². The van der Waals surface area contributed by atoms with Crippen LogP contribution in [0, 0.1) is 0 Å². The van der Waals surface area contributed by atoms with Crippen molar-refractivity contribution in [2.75, 3.05) is 19.7 Å². The van der Waals surface area contributed by atoms with Crippen molar-refractivity contribution in [2.24, 2.45) is 0 Å². The Bertz CT molecular complexity index is 328. The summed E-state index contributed by atoms with van der Waals surface area (Å²) in [7, 11) is 0. The second kappa shape index (κ2) is 6.17. The number of nitrogens with zero attached hydrogens (tertiary/aromatic N) is 2. The summed E-state index contributed by atoms with van der Waals surface area (Å²) >= 11 is 0. The Morgan fingerprint density at radius 2 is 2.12 bits per heavy atom. The van der Waals surface area contributed by atoms with Gasteiger partial charge in [0.1, 0.15) is 5.76 Å². The maximum absolute atomic E-state index is 8.82. The molecule has 4 heteroatoms. The second-order valence-corrected chi connectivity index (χ2v) is 5.31. The molecular weight excluding hydrogens is 216 g/mol. The van der Waals surface area contributed by atoms with E-state index in [0.717, 1.165) is 31.2 Å². The van der Waals surface area contributed by atoms with E-state index >= 15 is 0 Å². The van der Waals surface area contributed by atoms with Gasteiger partial charge in [-0.2, -0.15) is 0 Å². The lowest BCUT2D eigenvalue weighted by molar-refractivity contribution is 0.208. The van der Waals surface area contributed by atoms with Gasteiger partial charge in [-0.1, -0.05) is 27.7 Å². The lowest BCUT2D eigenvalue weighted by Crippen LogP contribution is -2.24. The van der Waals surface area contributed by atoms with Crippen LogP contribution in [-0.2, 0) is 12.0 Å². The molecule has 0 aliphatic rings. The van der Waals surface area contributed by atoms with Crippen molar-refractivity contribution in [2.45, 2.75) is 46.1 Å². The average molecular weight is 240 g/mol. The van der Waals surface area contributed by atoms with Crippen LogP contribution in [0.2, 0.25) is 0 Å². The monoisotopic (exact) mass is 240 g/mol. The Morgan fingerprint density at radius 3 is 2.59 bits per heavy atom. The molecule has 0 radical (unpaired) electrons. The molecule has 0 saturated heterocycles. The zero-order valence-corrected chi connectivity index (χ0v) is 11.4. The average Bonchev–Trinajstić information content (AvgIpc) is 2.72. The van der Waals surface area contributed by atoms with Gasteiger partial charge in [-0.15, -0.1) is 0 Å². The van der Waals surface area contributed by atoms with E-state index < -0.39 is 0 Å². The molecule has 0 unspecified atom stereocenters. The first kappa shape index (κ1) is 14.2. The molecule has 0 fully saturated rings. The Kier molecular flexibility index (Phi) is 5.15. The fraction of sp³-hybridized carbons (Fsp3) is 0.769. The Hall–Kier alpha value is -0.870. The molecule has 0 atom stereocenters. The highest BCUT2D eigenvalue weighted by molar-refractivity contribution is 5.05. The van der Waals surface area contributed by atoms with Crippen LogP contribution in [0.15, 0.2) is 10.6 Å². The molecule has 0 amide bonds. The molecule has 1 heterocycles. The number of hydrogen-bond donors (Lipinski definition) is 1. The van der Waals surface area contributed by atoms with Crippen molar-refractivity contribution in [1.82, 2.24) is 9.88 Å². The second-order valence-electron chi connectivity index (χ2n) is 5.31. The van der Waals surface area contributed by atoms with Crippen LogP contribution in [0.25, 0.3) is 0 Å². The highest BCUT2D eigenvalue weighted by Crippen LogP contribution is 2.23. The largest absolute Gasteiger partial charge is 0.444 e. The van der Waals surface area contributed by atoms with Gasteiger partial charge in [0, 0.05) is 18.6 Å². The summed E-state index contributed by atoms with van der Waals surface area (Å²) in [6, 6.07) is 0. The number of rotatable bonds is 6. The predicted molar refractivity (Wildman–Crippen MR) is 67.9 cm³/mol. The van der Waals surface area contributed by atoms with Crippen LogP contribution in [0.3, 0.4) is 0 Å². The van der Waals surface area contributed by atoms with Crippen molar-refractivity contribution >= 4 is 0 Å². The SMILES string of the molecule is CCN(CCCO)Cc1ncc(C(C)(C)C)o1. The van der Waals surface area contributed by atoms with E-state index in [9.17, 15) is 0 Å². The molecule has 0 aliphatic carbocycles. The van der Waals surface area contributed by atoms with Crippen LogP contribution in [0.4, 0.5) is 0 Å². The van der Waals surface area contributed by atoms with E-state index in [2.05, 4.69) is 37.6 Å². The minimum Gasteiger partial charge on any atom is -0.444 e. The number of aliphatic hydroxyl groups excluding tert-OH is 1. The summed E-state index contributed by atoms with van der Waals surface area (Å²) in [6.07, 6.45) is 2.61. The number of oxazole rings is 1. The molecule has 0 saturated carbocycles. The fourth-order valence-corrected chi connectivity index (χ4v) is 1.56. The van der Waals surface area contributed by atoms with Gasteiger partial charge in [-0.3, -0.25) is 4.90 Å². The summed E-state index contributed by atoms with van der Waals surface area (Å²) in [5.41, 5.74) is 0.00733. The summed E-state index contributed by atoms with van der Waals surface area (Å²) in [5, 5.41) is 8.82. The quantitative estimate of drug-likeness (QED) is 0.828. The summed E-state index contributed by atoms with van der Waals surface area (Å²) in [4.78, 5) is 6.52. The first-order valence-corrected chi connectivity index (χ1v) is 6.25. The minimum atomic E-state index is 0.00733. The smallest absolute Gasteiger partial charge is 0.208 e. The standard InChI is InChI=1S/C13H24N2O2/c1-5-15(7-6-8-16)10-12-14-9-11(17-12)13(2,3)4/h9,16H,5-8,10H2,1-4H3. The molecule has 0 aromatic carbocycles. The third-order valence-electron chi connectivity index (χ3n) is 2.73. The first-order valence-electron chi connectivity index (χ1n) is 6.25. The van der Waals surface area contributed by atoms with Crippen molar-refractivity contribution in [3.05, 3.63) is 17.8 Å². The third-order valence-corrected chi connectivity index (χ3v) is 2.73. The molecule has 1 aromatic rings. The van der Waals surface area contributed by atoms with Gasteiger partial charge < -0.3 is 9.52 Å². The summed E-state index contributed by atoms with van der Waals surface area (Å²) in [5.74, 6) is 1.68. The molecule has 0 aliphatic heterocycles. The molecule has 98 valence electrons. The molecule has 1 rings (SSSR count). The van der Waals surface area contributed by atoms with Crippen molar-refractivity contribution in [3.8, 4) is 0 Å². The van der Waals surface area contributed by atoms with Gasteiger partial charge in [0.05, 0.1) is 12.7 Å². The zero-order chi connectivity index (χ0) is 12.9. The number of hydrogen-bond acceptors (Lipinski definition) is 4. The third kappa shape index (κ3) is 4.48. The molecule has 0 bridgehead atoms. The van der Waals surface area contributed by atoms with E-state index in [0.29, 0.717) is 6.54 Å². The Labute approximate surface area is 104 Å². The van der Waals surface area contributed by atoms with Crippen LogP contribution >= 0.6 is 0 Å². The van der Waals surface area contributed by atoms with Gasteiger partial charge in [-0.05, 0) is 13.0 Å². The van der Waals surface area contributed by atoms with Crippen LogP contribution < -0.4 is 0 Å². The van der Waals surface area contributed by atoms with Crippen LogP contribution in [-0.4, -0.2) is 34.7 Å². The highest BCUT2D eigenvalue weighted by Gasteiger charge is 2.19. The van der Waals surface area contributed by atoms with E-state index in [1.165, 1.54) is 0 Å². The van der Waals surface area contributed by atoms with E-state index in [-0.39, 0.29) is 12.0 Å². The van der Waals surface area contributed by atoms with Crippen molar-refractivity contribution < 1.29 is 9.52 Å². The van der Waals surface area contributed by atoms with Crippen molar-refractivity contribution in [3.63, 3.8) is 0 Å². The van der Waals surface area contributed by atoms with Crippen molar-refractivity contribution in [1.29, 1.82) is 0 Å². The van der Waals surface area contributed by atoms with Gasteiger partial charge in [-0.25, -0.2) is 4.98 Å². The van der Waals surface area contributed by atoms with E-state index in [1.54, 1.807) is 0 Å². The summed E-state index contributed by atoms with van der Waals surface area (Å²) in [6.45, 7) is 11.2. The van der Waals surface area contributed by atoms with Gasteiger partial charge in [0.25, 0.3) is 0 Å². The Morgan fingerprint density at radius 1 is 1.41 bits per heavy atom. The fourth-order valence-electron chi connectivity index (χ4n) is 1.56. The molecule has 1 N–H and O–H groups in total. The normalized spacial score (nSPS) is 12.4. The number of aliphatic hydroxyl groups is 1. The van der Waals surface area contributed by atoms with Gasteiger partial charge in [0.2, 0.25) is 5.89 Å². The predicted octanol–water partition coefficient (Wildman–Crippen LogP) is 2.18. The van der Waals surface area contributed by atoms with Gasteiger partial charge >= 0.3 is 0 Å². The molecule has 4 nitrogen and oxygen atoms in total. The van der Waals surface area contributed by atoms with Crippen LogP contribution in [0.1, 0.15) is 45.8 Å². The maximum atomic E-state index is 8.82. The first-order chi connectivity index (χ1) is 7.97. The van der Waals surface area contributed by atoms with E-state index in [1.807, 2.05) is 6.20 Å². The lowest BCUT2D eigenvalue weighted by atomic mass is 9.94. The molecule has 0 spiro atoms. The minimum absolute atomic E-state index is 0.00733. The Balaban J connectivity index is 2.58. The van der Waals surface area contributed by atoms with Crippen LogP contribution in [0.5, 0.6) is 0 Å². The summed E-state index contributed by atoms with van der Waals surface area (Å²) < 4.78 is 5.75. The van der Waals surface area contributed by atoms with E-state index in [4.69, 9.17) is 9.52 Å². The number of aromatic nitrogens is 1. The highest BCUT2D eigenvalue weighted by atomic mass is 16.4. The van der Waals surface area contributed by atoms with Gasteiger partial charge in [0.15, 0.2) is 0 Å². The zero-order valence-electron chi connectivity index (χ0n) is 11.4.